The van der Waals surface area contributed by atoms with Crippen molar-refractivity contribution in [1.29, 1.82) is 0 Å². The molecule has 0 unspecified atom stereocenters. The quantitative estimate of drug-likeness (QED) is 0.665. The summed E-state index contributed by atoms with van der Waals surface area (Å²) in [7, 11) is 3.12. The molecule has 0 radical (unpaired) electrons. The zero-order chi connectivity index (χ0) is 20.4. The van der Waals surface area contributed by atoms with E-state index in [-0.39, 0.29) is 6.03 Å². The van der Waals surface area contributed by atoms with E-state index in [1.165, 1.54) is 0 Å². The monoisotopic (exact) mass is 432 g/mol. The average Bonchev–Trinajstić information content (AvgIpc) is 3.16. The third-order valence-corrected chi connectivity index (χ3v) is 6.14. The van der Waals surface area contributed by atoms with Crippen LogP contribution in [0.25, 0.3) is 10.2 Å². The lowest BCUT2D eigenvalue weighted by Gasteiger charge is -2.34. The molecular weight excluding hydrogens is 412 g/mol. The molecule has 2 aromatic carbocycles. The number of nitrogens with one attached hydrogen (secondary N) is 1. The van der Waals surface area contributed by atoms with Crippen LogP contribution in [0.4, 0.5) is 15.6 Å². The van der Waals surface area contributed by atoms with Crippen molar-refractivity contribution in [3.05, 3.63) is 41.4 Å². The van der Waals surface area contributed by atoms with Crippen LogP contribution in [0, 0.1) is 0 Å². The van der Waals surface area contributed by atoms with E-state index >= 15 is 0 Å². The van der Waals surface area contributed by atoms with Crippen LogP contribution >= 0.6 is 22.9 Å². The van der Waals surface area contributed by atoms with Crippen LogP contribution in [-0.4, -0.2) is 56.3 Å². The van der Waals surface area contributed by atoms with Crippen LogP contribution in [0.3, 0.4) is 0 Å². The van der Waals surface area contributed by atoms with E-state index in [2.05, 4.69) is 10.2 Å². The molecule has 0 aliphatic carbocycles. The standard InChI is InChI=1S/C20H21ClN4O3S/c1-27-16-5-3-4-15(18(16)28-2)22-19(26)24-8-10-25(11-9-24)20-23-14-7-6-13(21)12-17(14)29-20/h3-7,12H,8-11H2,1-2H3,(H,22,26). The first-order chi connectivity index (χ1) is 14.1. The van der Waals surface area contributed by atoms with Crippen LogP contribution in [0.2, 0.25) is 5.02 Å². The zero-order valence-corrected chi connectivity index (χ0v) is 17.7. The van der Waals surface area contributed by atoms with Crippen LogP contribution in [0.1, 0.15) is 0 Å². The maximum atomic E-state index is 12.7. The number of urea groups is 1. The highest BCUT2D eigenvalue weighted by molar-refractivity contribution is 7.22. The Morgan fingerprint density at radius 2 is 1.93 bits per heavy atom. The van der Waals surface area contributed by atoms with E-state index < -0.39 is 0 Å². The van der Waals surface area contributed by atoms with Crippen LogP contribution in [0.15, 0.2) is 36.4 Å². The number of piperazine rings is 1. The molecule has 1 N–H and O–H groups in total. The van der Waals surface area contributed by atoms with Gasteiger partial charge >= 0.3 is 6.03 Å². The number of nitrogens with zero attached hydrogens (tertiary/aromatic N) is 3. The third kappa shape index (κ3) is 4.04. The van der Waals surface area contributed by atoms with E-state index in [9.17, 15) is 4.79 Å². The SMILES string of the molecule is COc1cccc(NC(=O)N2CCN(c3nc4ccc(Cl)cc4s3)CC2)c1OC. The first-order valence-corrected chi connectivity index (χ1v) is 10.4. The molecule has 7 nitrogen and oxygen atoms in total. The van der Waals surface area contributed by atoms with E-state index in [4.69, 9.17) is 26.1 Å². The summed E-state index contributed by atoms with van der Waals surface area (Å²) in [6, 6.07) is 11.0. The number of fused-ring (bicyclic) bond motifs is 1. The highest BCUT2D eigenvalue weighted by Gasteiger charge is 2.24. The summed E-state index contributed by atoms with van der Waals surface area (Å²) >= 11 is 7.69. The molecule has 1 aliphatic rings. The van der Waals surface area contributed by atoms with E-state index in [1.807, 2.05) is 24.3 Å². The van der Waals surface area contributed by atoms with Crippen molar-refractivity contribution in [2.45, 2.75) is 0 Å². The molecular formula is C20H21ClN4O3S. The fourth-order valence-corrected chi connectivity index (χ4v) is 4.60. The van der Waals surface area contributed by atoms with Crippen molar-refractivity contribution < 1.29 is 14.3 Å². The number of hydrogen-bond donors (Lipinski definition) is 1. The van der Waals surface area contributed by atoms with Crippen molar-refractivity contribution in [2.24, 2.45) is 0 Å². The van der Waals surface area contributed by atoms with Gasteiger partial charge in [0, 0.05) is 31.2 Å². The van der Waals surface area contributed by atoms with Crippen molar-refractivity contribution in [2.75, 3.05) is 50.6 Å². The van der Waals surface area contributed by atoms with Crippen molar-refractivity contribution in [1.82, 2.24) is 9.88 Å². The molecule has 152 valence electrons. The van der Waals surface area contributed by atoms with Gasteiger partial charge in [0.1, 0.15) is 0 Å². The molecule has 0 saturated carbocycles. The number of aromatic nitrogens is 1. The van der Waals surface area contributed by atoms with Gasteiger partial charge in [-0.1, -0.05) is 29.0 Å². The highest BCUT2D eigenvalue weighted by Crippen LogP contribution is 2.35. The average molecular weight is 433 g/mol. The predicted molar refractivity (Wildman–Crippen MR) is 117 cm³/mol. The largest absolute Gasteiger partial charge is 0.493 e. The number of rotatable bonds is 4. The minimum absolute atomic E-state index is 0.160. The third-order valence-electron chi connectivity index (χ3n) is 4.82. The molecule has 1 fully saturated rings. The molecule has 3 aromatic rings. The number of para-hydroxylation sites is 1. The summed E-state index contributed by atoms with van der Waals surface area (Å²) in [5.41, 5.74) is 1.53. The lowest BCUT2D eigenvalue weighted by Crippen LogP contribution is -2.50. The number of carbonyl (C=O) groups excluding carboxylic acids is 1. The van der Waals surface area contributed by atoms with E-state index in [0.29, 0.717) is 35.3 Å². The summed E-state index contributed by atoms with van der Waals surface area (Å²) in [6.07, 6.45) is 0. The summed E-state index contributed by atoms with van der Waals surface area (Å²) < 4.78 is 11.7. The fraction of sp³-hybridized carbons (Fsp3) is 0.300. The van der Waals surface area contributed by atoms with Gasteiger partial charge in [-0.15, -0.1) is 0 Å². The Balaban J connectivity index is 1.41. The maximum Gasteiger partial charge on any atom is 0.322 e. The lowest BCUT2D eigenvalue weighted by molar-refractivity contribution is 0.208. The number of halogens is 1. The first-order valence-electron chi connectivity index (χ1n) is 9.17. The van der Waals surface area contributed by atoms with E-state index in [0.717, 1.165) is 28.4 Å². The second kappa shape index (κ2) is 8.34. The Kier molecular flexibility index (Phi) is 5.64. The highest BCUT2D eigenvalue weighted by atomic mass is 35.5. The zero-order valence-electron chi connectivity index (χ0n) is 16.1. The Morgan fingerprint density at radius 1 is 1.14 bits per heavy atom. The smallest absolute Gasteiger partial charge is 0.322 e. The number of thiazole rings is 1. The molecule has 0 atom stereocenters. The van der Waals surface area contributed by atoms with Crippen LogP contribution < -0.4 is 19.7 Å². The van der Waals surface area contributed by atoms with Gasteiger partial charge < -0.3 is 24.6 Å². The van der Waals surface area contributed by atoms with Gasteiger partial charge in [0.15, 0.2) is 16.6 Å². The number of anilines is 2. The number of hydrogen-bond acceptors (Lipinski definition) is 6. The van der Waals surface area contributed by atoms with Gasteiger partial charge in [-0.05, 0) is 30.3 Å². The van der Waals surface area contributed by atoms with Crippen LogP contribution in [0.5, 0.6) is 11.5 Å². The molecule has 29 heavy (non-hydrogen) atoms. The Hall–Kier alpha value is -2.71. The summed E-state index contributed by atoms with van der Waals surface area (Å²) in [5.74, 6) is 1.08. The molecule has 0 bridgehead atoms. The lowest BCUT2D eigenvalue weighted by atomic mass is 10.2. The minimum Gasteiger partial charge on any atom is -0.493 e. The van der Waals surface area contributed by atoms with Crippen molar-refractivity contribution in [3.8, 4) is 11.5 Å². The molecule has 2 amide bonds. The Morgan fingerprint density at radius 3 is 2.66 bits per heavy atom. The fourth-order valence-electron chi connectivity index (χ4n) is 3.30. The number of benzene rings is 2. The normalized spacial score (nSPS) is 14.2. The van der Waals surface area contributed by atoms with Gasteiger partial charge in [0.25, 0.3) is 0 Å². The molecule has 1 aliphatic heterocycles. The maximum absolute atomic E-state index is 12.7. The summed E-state index contributed by atoms with van der Waals surface area (Å²) in [4.78, 5) is 21.4. The topological polar surface area (TPSA) is 66.9 Å². The molecule has 1 aromatic heterocycles. The molecule has 0 spiro atoms. The number of methoxy groups -OCH3 is 2. The predicted octanol–water partition coefficient (Wildman–Crippen LogP) is 4.32. The van der Waals surface area contributed by atoms with Crippen LogP contribution in [-0.2, 0) is 0 Å². The van der Waals surface area contributed by atoms with Gasteiger partial charge in [0.2, 0.25) is 0 Å². The van der Waals surface area contributed by atoms with Gasteiger partial charge in [-0.2, -0.15) is 0 Å². The molecule has 2 heterocycles. The second-order valence-corrected chi connectivity index (χ2v) is 8.00. The van der Waals surface area contributed by atoms with Crippen molar-refractivity contribution >= 4 is 50.0 Å². The van der Waals surface area contributed by atoms with Crippen molar-refractivity contribution in [3.63, 3.8) is 0 Å². The second-order valence-electron chi connectivity index (χ2n) is 6.55. The number of ether oxygens (including phenoxy) is 2. The number of amides is 2. The van der Waals surface area contributed by atoms with Gasteiger partial charge in [-0.3, -0.25) is 0 Å². The minimum atomic E-state index is -0.160. The molecule has 4 rings (SSSR count). The summed E-state index contributed by atoms with van der Waals surface area (Å²) in [6.45, 7) is 2.65. The molecule has 1 saturated heterocycles. The van der Waals surface area contributed by atoms with Gasteiger partial charge in [-0.25, -0.2) is 9.78 Å². The summed E-state index contributed by atoms with van der Waals surface area (Å²) in [5, 5.41) is 4.59. The first kappa shape index (κ1) is 19.6. The Labute approximate surface area is 177 Å². The number of carbonyl (C=O) groups is 1. The van der Waals surface area contributed by atoms with E-state index in [1.54, 1.807) is 42.6 Å². The Bertz CT molecular complexity index is 1030. The molecule has 9 heteroatoms. The van der Waals surface area contributed by atoms with Gasteiger partial charge in [0.05, 0.1) is 30.1 Å².